The molecule has 0 aliphatic heterocycles. The second-order valence-electron chi connectivity index (χ2n) is 5.90. The van der Waals surface area contributed by atoms with Crippen molar-refractivity contribution < 1.29 is 37.2 Å². The van der Waals surface area contributed by atoms with Crippen LogP contribution in [0.4, 0.5) is 5.69 Å². The Morgan fingerprint density at radius 1 is 1.10 bits per heavy atom. The SMILES string of the molecule is COc1cc(COC(=O)CCCC[Si](OC)(OC)OC)c([N+](=O)[O-])cc1O[CH2][Rf]. The summed E-state index contributed by atoms with van der Waals surface area (Å²) in [6.45, 7) is -0.218. The molecule has 1 aromatic rings. The van der Waals surface area contributed by atoms with Crippen LogP contribution in [0, 0.1) is 10.1 Å². The third kappa shape index (κ3) is 6.71. The first-order valence-electron chi connectivity index (χ1n) is 8.94. The Morgan fingerprint density at radius 2 is 1.76 bits per heavy atom. The summed E-state index contributed by atoms with van der Waals surface area (Å²) in [5.41, 5.74) is 0.0740. The van der Waals surface area contributed by atoms with Gasteiger partial charge in [-0.25, -0.2) is 0 Å². The maximum atomic E-state index is 12.0. The van der Waals surface area contributed by atoms with Crippen LogP contribution < -0.4 is 9.47 Å². The quantitative estimate of drug-likeness (QED) is 0.0960. The van der Waals surface area contributed by atoms with Crippen LogP contribution in [0.3, 0.4) is 0 Å². The van der Waals surface area contributed by atoms with Crippen molar-refractivity contribution in [3.8, 4) is 11.5 Å². The van der Waals surface area contributed by atoms with Crippen molar-refractivity contribution in [2.45, 2.75) is 31.9 Å². The van der Waals surface area contributed by atoms with Crippen LogP contribution in [0.2, 0.25) is 6.04 Å². The van der Waals surface area contributed by atoms with Gasteiger partial charge in [-0.15, -0.1) is 0 Å². The Bertz CT molecular complexity index is 677. The van der Waals surface area contributed by atoms with Gasteiger partial charge in [0.05, 0.1) is 0 Å². The van der Waals surface area contributed by atoms with Gasteiger partial charge in [0.25, 0.3) is 0 Å². The van der Waals surface area contributed by atoms with E-state index < -0.39 is 19.7 Å². The van der Waals surface area contributed by atoms with Crippen LogP contribution >= 0.6 is 0 Å². The molecule has 0 amide bonds. The molecule has 0 unspecified atom stereocenters. The van der Waals surface area contributed by atoms with Crippen molar-refractivity contribution in [3.05, 3.63) is 27.8 Å². The number of nitrogens with zero attached hydrogens (tertiary/aromatic N) is 1. The fraction of sp³-hybridized carbons (Fsp3) is 0.588. The van der Waals surface area contributed by atoms with Gasteiger partial charge in [-0.3, -0.25) is 0 Å². The third-order valence-electron chi connectivity index (χ3n) is 4.25. The number of esters is 1. The number of nitro benzene ring substituents is 1. The summed E-state index contributed by atoms with van der Waals surface area (Å²) < 4.78 is 32.2. The second-order valence-corrected chi connectivity index (χ2v) is 10.8. The van der Waals surface area contributed by atoms with Crippen LogP contribution in [0.25, 0.3) is 0 Å². The molecule has 0 N–H and O–H groups in total. The van der Waals surface area contributed by atoms with Crippen LogP contribution in [-0.2, 0) is 29.4 Å². The van der Waals surface area contributed by atoms with E-state index in [0.29, 0.717) is 37.5 Å². The Labute approximate surface area is 165 Å². The number of carbonyl (C=O) groups excluding carboxylic acids is 1. The zero-order chi connectivity index (χ0) is 21.9. The summed E-state index contributed by atoms with van der Waals surface area (Å²) in [6, 6.07) is 3.36. The Hall–Kier alpha value is -3.21. The zero-order valence-electron chi connectivity index (χ0n) is 17.2. The molecule has 159 valence electrons. The van der Waals surface area contributed by atoms with Crippen LogP contribution in [0.5, 0.6) is 11.5 Å². The normalized spacial score (nSPS) is 11.2. The predicted molar refractivity (Wildman–Crippen MR) is 100 cm³/mol. The monoisotopic (exact) mass is 683 g/mol. The number of nitro groups is 1. The molecule has 0 aliphatic carbocycles. The molecule has 0 fully saturated rings. The topological polar surface area (TPSA) is 116 Å². The van der Waals surface area contributed by atoms with Crippen molar-refractivity contribution in [1.82, 2.24) is 0 Å². The van der Waals surface area contributed by atoms with Crippen molar-refractivity contribution in [1.29, 1.82) is 0 Å². The number of carbonyl (C=O) groups is 1. The number of benzene rings is 1. The van der Waals surface area contributed by atoms with Gasteiger partial charge < -0.3 is 13.3 Å². The van der Waals surface area contributed by atoms with Crippen molar-refractivity contribution in [2.75, 3.05) is 35.5 Å². The number of ether oxygens (including phenoxy) is 3. The van der Waals surface area contributed by atoms with E-state index in [4.69, 9.17) is 27.5 Å². The van der Waals surface area contributed by atoms with E-state index in [2.05, 4.69) is 0 Å². The minimum absolute atomic E-state index is 0.173. The number of methoxy groups -OCH3 is 1. The third-order valence-corrected chi connectivity index (χ3v) is 8.01. The first-order chi connectivity index (χ1) is 13.9. The number of unbranched alkanes of at least 4 members (excludes halogenated alkanes) is 1. The van der Waals surface area contributed by atoms with Gasteiger partial charge in [-0.2, -0.15) is 0 Å². The van der Waals surface area contributed by atoms with Gasteiger partial charge in [-0.1, -0.05) is 0 Å². The number of hydrogen-bond donors (Lipinski definition) is 0. The standard InChI is InChI=1S/C17H26NO9Si.Rf/c1-22-15-10-13(14(18(20)21)11-16(15)23-2)12-27-17(19)8-6-7-9-28(24-3,25-4)26-5;/h10-11H,2,6-9,12H2,1,3-5H3;. The molecule has 0 saturated carbocycles. The fourth-order valence-corrected chi connectivity index (χ4v) is 5.45. The molecule has 0 aromatic heterocycles. The molecule has 12 heteroatoms. The van der Waals surface area contributed by atoms with Crippen LogP contribution in [-0.4, -0.2) is 55.2 Å². The summed E-state index contributed by atoms with van der Waals surface area (Å²) in [6.07, 6.45) is 1.40. The molecule has 0 heterocycles. The van der Waals surface area contributed by atoms with E-state index in [1.54, 1.807) is 0 Å². The summed E-state index contributed by atoms with van der Waals surface area (Å²) >= 11 is 0. The van der Waals surface area contributed by atoms with E-state index in [1.807, 2.05) is 0 Å². The zero-order valence-corrected chi connectivity index (χ0v) is 24.6. The molecule has 0 aliphatic rings. The number of hydrogen-bond acceptors (Lipinski definition) is 9. The van der Waals surface area contributed by atoms with Crippen LogP contribution in [0.1, 0.15) is 24.8 Å². The van der Waals surface area contributed by atoms with Gasteiger partial charge in [0.2, 0.25) is 0 Å². The van der Waals surface area contributed by atoms with Gasteiger partial charge in [0.1, 0.15) is 0 Å². The van der Waals surface area contributed by atoms with E-state index in [-0.39, 0.29) is 24.3 Å². The molecule has 0 atom stereocenters. The first kappa shape index (κ1) is 23.8. The van der Waals surface area contributed by atoms with Gasteiger partial charge in [0.15, 0.2) is 0 Å². The molecule has 10 nitrogen and oxygen atoms in total. The Morgan fingerprint density at radius 3 is 2.28 bits per heavy atom. The summed E-state index contributed by atoms with van der Waals surface area (Å²) in [7, 11) is 3.95. The summed E-state index contributed by atoms with van der Waals surface area (Å²) in [5, 5.41) is 11.4. The Balaban J connectivity index is 2.65. The number of rotatable bonds is 14. The second kappa shape index (κ2) is 11.6. The molecule has 1 aromatic carbocycles. The molecular weight excluding hydrogens is 657 g/mol. The fourth-order valence-electron chi connectivity index (χ4n) is 2.66. The maximum absolute atomic E-state index is 12.0. The molecule has 0 saturated heterocycles. The average Bonchev–Trinajstić information content (AvgIpc) is 2.73. The average molecular weight is 683 g/mol. The van der Waals surface area contributed by atoms with Crippen molar-refractivity contribution in [2.24, 2.45) is 0 Å². The first-order valence-corrected chi connectivity index (χ1v) is 15.4. The van der Waals surface area contributed by atoms with Gasteiger partial charge >= 0.3 is 124 Å². The van der Waals surface area contributed by atoms with Gasteiger partial charge in [-0.05, 0) is 0 Å². The van der Waals surface area contributed by atoms with Crippen molar-refractivity contribution >= 4 is 20.5 Å². The molecule has 0 spiro atoms. The van der Waals surface area contributed by atoms with Crippen molar-refractivity contribution in [3.63, 3.8) is 0 Å². The van der Waals surface area contributed by atoms with E-state index in [1.165, 1.54) is 40.6 Å². The molecular formula is C17H26NO9RfSi. The summed E-state index contributed by atoms with van der Waals surface area (Å²) in [4.78, 5) is 22.9. The van der Waals surface area contributed by atoms with Gasteiger partial charge in [0, 0.05) is 27.4 Å². The van der Waals surface area contributed by atoms with E-state index >= 15 is 0 Å². The van der Waals surface area contributed by atoms with E-state index in [0.717, 1.165) is 0 Å². The molecule has 29 heavy (non-hydrogen) atoms. The molecule has 0 bridgehead atoms. The minimum atomic E-state index is -2.65. The molecule has 0 radical (unpaired) electrons. The van der Waals surface area contributed by atoms with E-state index in [9.17, 15) is 14.9 Å². The Kier molecular flexibility index (Phi) is 9.52. The molecule has 1 rings (SSSR count). The van der Waals surface area contributed by atoms with Crippen LogP contribution in [0.15, 0.2) is 12.1 Å². The predicted octanol–water partition coefficient (Wildman–Crippen LogP) is 2.58. The summed E-state index contributed by atoms with van der Waals surface area (Å²) in [5.74, 6) is 0.241.